The van der Waals surface area contributed by atoms with E-state index in [2.05, 4.69) is 13.8 Å². The number of aryl methyl sites for hydroxylation is 1. The fourth-order valence-electron chi connectivity index (χ4n) is 6.49. The predicted molar refractivity (Wildman–Crippen MR) is 174 cm³/mol. The molecule has 280 valence electrons. The van der Waals surface area contributed by atoms with E-state index in [1.54, 1.807) is 6.07 Å². The van der Waals surface area contributed by atoms with Crippen molar-refractivity contribution >= 4 is 11.9 Å². The Morgan fingerprint density at radius 3 is 2.55 bits per heavy atom. The first kappa shape index (κ1) is 36.9. The first-order chi connectivity index (χ1) is 24.7. The van der Waals surface area contributed by atoms with E-state index in [0.717, 1.165) is 28.9 Å². The van der Waals surface area contributed by atoms with Crippen molar-refractivity contribution in [3.05, 3.63) is 41.0 Å². The number of carboxylic acid groups (broad SMARTS) is 1. The van der Waals surface area contributed by atoms with Crippen LogP contribution >= 0.6 is 0 Å². The fourth-order valence-corrected chi connectivity index (χ4v) is 6.49. The first-order valence-electron chi connectivity index (χ1n) is 17.1. The molecule has 7 atom stereocenters. The molecule has 0 spiro atoms. The summed E-state index contributed by atoms with van der Waals surface area (Å²) in [4.78, 5) is 34.8. The maximum atomic E-state index is 12.0. The number of ether oxygens (including phenoxy) is 8. The third-order valence-electron chi connectivity index (χ3n) is 8.99. The van der Waals surface area contributed by atoms with Crippen LogP contribution in [0.5, 0.6) is 28.7 Å². The SMILES string of the molecule is CC(C)CCc1cc(OO[C@H]2[C@H](OCCN)O[C@H](COC(=O)CC(=O)O)[C@@H](OCCCO)[C@@H]2O)cc2c1OC[C@@H]1c3cc4c(cc3O[C@H]21)OCO4. The number of carboxylic acids is 1. The van der Waals surface area contributed by atoms with Gasteiger partial charge in [-0.3, -0.25) is 9.59 Å². The van der Waals surface area contributed by atoms with Gasteiger partial charge in [-0.15, -0.1) is 0 Å². The molecule has 0 unspecified atom stereocenters. The highest BCUT2D eigenvalue weighted by atomic mass is 17.2. The lowest BCUT2D eigenvalue weighted by molar-refractivity contribution is -0.375. The van der Waals surface area contributed by atoms with Gasteiger partial charge < -0.3 is 63.8 Å². The zero-order chi connectivity index (χ0) is 36.1. The standard InChI is InChI=1S/C35H45NO15/c1-18(2)4-5-19-10-20(11-22-31(19)45-15-23-21-12-25-26(47-17-46-25)13-24(21)48-32(22)23)50-51-34-30(41)33(42-8-3-7-37)27(49-35(34)43-9-6-36)16-44-29(40)14-28(38)39/h10-13,18,23,27,30,32-35,37,41H,3-9,14-17,36H2,1-2H3,(H,38,39)/t23-,27-,30+,32-,33-,34-,35-/m1/s1. The van der Waals surface area contributed by atoms with E-state index >= 15 is 0 Å². The van der Waals surface area contributed by atoms with Crippen LogP contribution in [-0.4, -0.2) is 104 Å². The molecule has 2 aromatic carbocycles. The van der Waals surface area contributed by atoms with Crippen LogP contribution in [0.25, 0.3) is 0 Å². The van der Waals surface area contributed by atoms with Crippen LogP contribution in [0.15, 0.2) is 24.3 Å². The van der Waals surface area contributed by atoms with Gasteiger partial charge in [0.1, 0.15) is 48.9 Å². The van der Waals surface area contributed by atoms with Crippen molar-refractivity contribution in [3.63, 3.8) is 0 Å². The number of aliphatic hydroxyl groups excluding tert-OH is 2. The van der Waals surface area contributed by atoms with Gasteiger partial charge in [0.2, 0.25) is 6.79 Å². The molecule has 4 aliphatic rings. The summed E-state index contributed by atoms with van der Waals surface area (Å²) in [6.45, 7) is 4.39. The van der Waals surface area contributed by atoms with Crippen LogP contribution in [0.2, 0.25) is 0 Å². The summed E-state index contributed by atoms with van der Waals surface area (Å²) < 4.78 is 46.8. The van der Waals surface area contributed by atoms with Crippen molar-refractivity contribution in [2.75, 3.05) is 46.4 Å². The number of fused-ring (bicyclic) bond motifs is 6. The van der Waals surface area contributed by atoms with Crippen LogP contribution in [-0.2, 0) is 39.8 Å². The maximum absolute atomic E-state index is 12.0. The molecule has 1 fully saturated rings. The Morgan fingerprint density at radius 1 is 1.00 bits per heavy atom. The third kappa shape index (κ3) is 8.43. The summed E-state index contributed by atoms with van der Waals surface area (Å²) in [5, 5.41) is 29.8. The molecule has 16 nitrogen and oxygen atoms in total. The summed E-state index contributed by atoms with van der Waals surface area (Å²) in [6, 6.07) is 7.38. The summed E-state index contributed by atoms with van der Waals surface area (Å²) in [5.41, 5.74) is 8.31. The van der Waals surface area contributed by atoms with Crippen LogP contribution in [0.3, 0.4) is 0 Å². The molecule has 0 aliphatic carbocycles. The molecule has 2 aromatic rings. The lowest BCUT2D eigenvalue weighted by Crippen LogP contribution is -2.61. The highest BCUT2D eigenvalue weighted by Gasteiger charge is 2.49. The minimum atomic E-state index is -1.45. The average Bonchev–Trinajstić information content (AvgIpc) is 3.71. The number of aliphatic carboxylic acids is 1. The summed E-state index contributed by atoms with van der Waals surface area (Å²) in [5.74, 6) is 0.957. The second-order valence-corrected chi connectivity index (χ2v) is 13.1. The summed E-state index contributed by atoms with van der Waals surface area (Å²) >= 11 is 0. The van der Waals surface area contributed by atoms with Gasteiger partial charge >= 0.3 is 11.9 Å². The summed E-state index contributed by atoms with van der Waals surface area (Å²) in [7, 11) is 0. The molecular formula is C35H45NO15. The number of esters is 1. The van der Waals surface area contributed by atoms with Crippen LogP contribution in [0.4, 0.5) is 0 Å². The minimum Gasteiger partial charge on any atom is -0.492 e. The molecule has 51 heavy (non-hydrogen) atoms. The molecule has 1 saturated heterocycles. The Morgan fingerprint density at radius 2 is 1.80 bits per heavy atom. The van der Waals surface area contributed by atoms with Gasteiger partial charge in [0, 0.05) is 37.0 Å². The third-order valence-corrected chi connectivity index (χ3v) is 8.99. The monoisotopic (exact) mass is 719 g/mol. The second-order valence-electron chi connectivity index (χ2n) is 13.1. The lowest BCUT2D eigenvalue weighted by Gasteiger charge is -2.42. The molecule has 4 aliphatic heterocycles. The molecule has 0 aromatic heterocycles. The number of nitrogens with two attached hydrogens (primary N) is 1. The molecule has 4 heterocycles. The molecule has 0 bridgehead atoms. The highest BCUT2D eigenvalue weighted by Crippen LogP contribution is 2.55. The number of benzene rings is 2. The van der Waals surface area contributed by atoms with Gasteiger partial charge in [-0.05, 0) is 48.9 Å². The van der Waals surface area contributed by atoms with Crippen molar-refractivity contribution < 1.29 is 72.6 Å². The van der Waals surface area contributed by atoms with E-state index in [1.807, 2.05) is 18.2 Å². The number of aliphatic hydroxyl groups is 2. The largest absolute Gasteiger partial charge is 0.492 e. The van der Waals surface area contributed by atoms with Crippen LogP contribution in [0, 0.1) is 5.92 Å². The van der Waals surface area contributed by atoms with Crippen molar-refractivity contribution in [1.82, 2.24) is 0 Å². The molecular weight excluding hydrogens is 674 g/mol. The molecule has 0 amide bonds. The van der Waals surface area contributed by atoms with Crippen molar-refractivity contribution in [3.8, 4) is 28.7 Å². The van der Waals surface area contributed by atoms with E-state index in [-0.39, 0.29) is 51.6 Å². The van der Waals surface area contributed by atoms with E-state index < -0.39 is 55.7 Å². The Balaban J connectivity index is 1.24. The fraction of sp³-hybridized carbons (Fsp3) is 0.600. The second kappa shape index (κ2) is 16.6. The van der Waals surface area contributed by atoms with Crippen molar-refractivity contribution in [2.24, 2.45) is 11.7 Å². The average molecular weight is 720 g/mol. The van der Waals surface area contributed by atoms with Crippen LogP contribution in [0.1, 0.15) is 61.8 Å². The highest BCUT2D eigenvalue weighted by molar-refractivity contribution is 5.90. The van der Waals surface area contributed by atoms with Crippen molar-refractivity contribution in [2.45, 2.75) is 82.3 Å². The lowest BCUT2D eigenvalue weighted by atomic mass is 9.87. The van der Waals surface area contributed by atoms with E-state index in [9.17, 15) is 19.8 Å². The van der Waals surface area contributed by atoms with E-state index in [1.165, 1.54) is 0 Å². The molecule has 16 heteroatoms. The van der Waals surface area contributed by atoms with Gasteiger partial charge in [-0.2, -0.15) is 4.89 Å². The number of carbonyl (C=O) groups is 2. The smallest absolute Gasteiger partial charge is 0.317 e. The molecule has 0 radical (unpaired) electrons. The maximum Gasteiger partial charge on any atom is 0.317 e. The van der Waals surface area contributed by atoms with Crippen molar-refractivity contribution in [1.29, 1.82) is 0 Å². The number of hydrogen-bond acceptors (Lipinski definition) is 15. The number of rotatable bonds is 17. The van der Waals surface area contributed by atoms with Gasteiger partial charge in [-0.1, -0.05) is 13.8 Å². The zero-order valence-electron chi connectivity index (χ0n) is 28.5. The van der Waals surface area contributed by atoms with E-state index in [0.29, 0.717) is 41.9 Å². The first-order valence-corrected chi connectivity index (χ1v) is 17.1. The van der Waals surface area contributed by atoms with Gasteiger partial charge in [0.25, 0.3) is 0 Å². The van der Waals surface area contributed by atoms with Gasteiger partial charge in [0.05, 0.1) is 19.1 Å². The Hall–Kier alpha value is -3.90. The van der Waals surface area contributed by atoms with Crippen LogP contribution < -0.4 is 29.6 Å². The van der Waals surface area contributed by atoms with E-state index in [4.69, 9.17) is 58.5 Å². The quantitative estimate of drug-likeness (QED) is 0.0606. The number of carbonyl (C=O) groups excluding carboxylic acids is 1. The van der Waals surface area contributed by atoms with Gasteiger partial charge in [-0.25, -0.2) is 0 Å². The Bertz CT molecular complexity index is 1540. The molecule has 0 saturated carbocycles. The molecule has 6 rings (SSSR count). The Kier molecular flexibility index (Phi) is 12.0. The number of hydrogen-bond donors (Lipinski definition) is 4. The zero-order valence-corrected chi connectivity index (χ0v) is 28.5. The topological polar surface area (TPSA) is 213 Å². The molecule has 5 N–H and O–H groups in total. The summed E-state index contributed by atoms with van der Waals surface area (Å²) in [6.07, 6.45) is -5.63. The normalized spacial score (nSPS) is 25.7. The van der Waals surface area contributed by atoms with Gasteiger partial charge in [0.15, 0.2) is 29.6 Å². The predicted octanol–water partition coefficient (Wildman–Crippen LogP) is 2.14. The minimum absolute atomic E-state index is 0.0226. The Labute approximate surface area is 294 Å².